The second-order valence-electron chi connectivity index (χ2n) is 2.96. The predicted octanol–water partition coefficient (Wildman–Crippen LogP) is 2.78. The zero-order valence-corrected chi connectivity index (χ0v) is 10.0. The van der Waals surface area contributed by atoms with E-state index in [1.165, 1.54) is 0 Å². The summed E-state index contributed by atoms with van der Waals surface area (Å²) in [5.41, 5.74) is 1.06. The molecule has 2 N–H and O–H groups in total. The summed E-state index contributed by atoms with van der Waals surface area (Å²) < 4.78 is 1.01. The fraction of sp³-hybridized carbons (Fsp3) is 0.182. The number of hydrogen-bond acceptors (Lipinski definition) is 1. The standard InChI is InChI=1S/C11H13BrN2O/c1-2-6-13-11(15)14-8-9-4-3-5-10(12)7-9/h2-7H,8H2,1H3,(H2,13,14,15)/b6-2+. The highest BCUT2D eigenvalue weighted by Crippen LogP contribution is 2.11. The van der Waals surface area contributed by atoms with E-state index in [1.54, 1.807) is 12.3 Å². The highest BCUT2D eigenvalue weighted by atomic mass is 79.9. The van der Waals surface area contributed by atoms with Crippen LogP contribution >= 0.6 is 15.9 Å². The fourth-order valence-corrected chi connectivity index (χ4v) is 1.49. The van der Waals surface area contributed by atoms with Gasteiger partial charge in [0.05, 0.1) is 0 Å². The van der Waals surface area contributed by atoms with Gasteiger partial charge in [0.25, 0.3) is 0 Å². The molecule has 0 saturated carbocycles. The second kappa shape index (κ2) is 6.24. The van der Waals surface area contributed by atoms with Crippen LogP contribution in [0.1, 0.15) is 12.5 Å². The summed E-state index contributed by atoms with van der Waals surface area (Å²) in [6.45, 7) is 2.36. The molecule has 0 saturated heterocycles. The Labute approximate surface area is 97.7 Å². The lowest BCUT2D eigenvalue weighted by Crippen LogP contribution is -2.31. The molecular weight excluding hydrogens is 256 g/mol. The van der Waals surface area contributed by atoms with Crippen molar-refractivity contribution in [1.29, 1.82) is 0 Å². The van der Waals surface area contributed by atoms with Gasteiger partial charge in [0.15, 0.2) is 0 Å². The maximum absolute atomic E-state index is 11.2. The molecule has 80 valence electrons. The molecule has 1 aromatic rings. The first-order valence-corrected chi connectivity index (χ1v) is 5.41. The first-order chi connectivity index (χ1) is 7.22. The summed E-state index contributed by atoms with van der Waals surface area (Å²) in [6, 6.07) is 7.61. The predicted molar refractivity (Wildman–Crippen MR) is 64.3 cm³/mol. The quantitative estimate of drug-likeness (QED) is 0.870. The van der Waals surface area contributed by atoms with Crippen LogP contribution in [0, 0.1) is 0 Å². The van der Waals surface area contributed by atoms with Gasteiger partial charge < -0.3 is 10.6 Å². The maximum atomic E-state index is 11.2. The topological polar surface area (TPSA) is 41.1 Å². The van der Waals surface area contributed by atoms with Gasteiger partial charge in [0.1, 0.15) is 0 Å². The van der Waals surface area contributed by atoms with Gasteiger partial charge in [-0.1, -0.05) is 34.1 Å². The van der Waals surface area contributed by atoms with Crippen molar-refractivity contribution in [2.45, 2.75) is 13.5 Å². The number of rotatable bonds is 3. The largest absolute Gasteiger partial charge is 0.334 e. The Balaban J connectivity index is 2.40. The van der Waals surface area contributed by atoms with Crippen LogP contribution in [0.5, 0.6) is 0 Å². The first kappa shape index (κ1) is 11.8. The van der Waals surface area contributed by atoms with Gasteiger partial charge >= 0.3 is 6.03 Å². The van der Waals surface area contributed by atoms with Crippen molar-refractivity contribution in [3.05, 3.63) is 46.6 Å². The summed E-state index contributed by atoms with van der Waals surface area (Å²) in [5.74, 6) is 0. The van der Waals surface area contributed by atoms with E-state index in [2.05, 4.69) is 26.6 Å². The third-order valence-electron chi connectivity index (χ3n) is 1.72. The summed E-state index contributed by atoms with van der Waals surface area (Å²) in [5, 5.41) is 5.31. The molecule has 0 radical (unpaired) electrons. The van der Waals surface area contributed by atoms with E-state index in [0.29, 0.717) is 6.54 Å². The van der Waals surface area contributed by atoms with Crippen LogP contribution in [-0.4, -0.2) is 6.03 Å². The number of halogens is 1. The molecule has 0 fully saturated rings. The van der Waals surface area contributed by atoms with Gasteiger partial charge in [-0.15, -0.1) is 0 Å². The Hall–Kier alpha value is -1.29. The molecule has 0 unspecified atom stereocenters. The Morgan fingerprint density at radius 1 is 1.53 bits per heavy atom. The third kappa shape index (κ3) is 4.65. The first-order valence-electron chi connectivity index (χ1n) is 4.62. The number of allylic oxidation sites excluding steroid dienone is 1. The van der Waals surface area contributed by atoms with Crippen LogP contribution in [0.25, 0.3) is 0 Å². The molecule has 2 amide bonds. The van der Waals surface area contributed by atoms with E-state index in [1.807, 2.05) is 31.2 Å². The molecule has 0 aliphatic rings. The Morgan fingerprint density at radius 2 is 2.33 bits per heavy atom. The zero-order valence-electron chi connectivity index (χ0n) is 8.46. The molecule has 0 aromatic heterocycles. The second-order valence-corrected chi connectivity index (χ2v) is 3.87. The van der Waals surface area contributed by atoms with Crippen molar-refractivity contribution in [3.63, 3.8) is 0 Å². The average Bonchev–Trinajstić information content (AvgIpc) is 2.23. The molecule has 0 spiro atoms. The monoisotopic (exact) mass is 268 g/mol. The lowest BCUT2D eigenvalue weighted by atomic mass is 10.2. The lowest BCUT2D eigenvalue weighted by Gasteiger charge is -2.04. The van der Waals surface area contributed by atoms with E-state index in [-0.39, 0.29) is 6.03 Å². The molecule has 0 aliphatic heterocycles. The third-order valence-corrected chi connectivity index (χ3v) is 2.22. The van der Waals surface area contributed by atoms with Gasteiger partial charge in [-0.2, -0.15) is 0 Å². The Morgan fingerprint density at radius 3 is 3.00 bits per heavy atom. The van der Waals surface area contributed by atoms with Gasteiger partial charge in [-0.05, 0) is 24.6 Å². The summed E-state index contributed by atoms with van der Waals surface area (Å²) >= 11 is 3.37. The molecule has 1 aromatic carbocycles. The van der Waals surface area contributed by atoms with E-state index < -0.39 is 0 Å². The minimum Gasteiger partial charge on any atom is -0.334 e. The number of carbonyl (C=O) groups is 1. The molecule has 4 heteroatoms. The zero-order chi connectivity index (χ0) is 11.1. The Kier molecular flexibility index (Phi) is 4.90. The van der Waals surface area contributed by atoms with Crippen molar-refractivity contribution in [2.24, 2.45) is 0 Å². The van der Waals surface area contributed by atoms with Crippen LogP contribution in [0.2, 0.25) is 0 Å². The molecular formula is C11H13BrN2O. The van der Waals surface area contributed by atoms with Crippen LogP contribution < -0.4 is 10.6 Å². The van der Waals surface area contributed by atoms with E-state index >= 15 is 0 Å². The number of urea groups is 1. The number of nitrogens with one attached hydrogen (secondary N) is 2. The van der Waals surface area contributed by atoms with Crippen LogP contribution in [-0.2, 0) is 6.54 Å². The smallest absolute Gasteiger partial charge is 0.319 e. The van der Waals surface area contributed by atoms with E-state index in [9.17, 15) is 4.79 Å². The molecule has 0 aliphatic carbocycles. The van der Waals surface area contributed by atoms with Crippen molar-refractivity contribution in [2.75, 3.05) is 0 Å². The number of amides is 2. The van der Waals surface area contributed by atoms with Gasteiger partial charge in [0, 0.05) is 17.2 Å². The highest BCUT2D eigenvalue weighted by molar-refractivity contribution is 9.10. The summed E-state index contributed by atoms with van der Waals surface area (Å²) in [4.78, 5) is 11.2. The van der Waals surface area contributed by atoms with Crippen molar-refractivity contribution in [3.8, 4) is 0 Å². The van der Waals surface area contributed by atoms with Crippen molar-refractivity contribution >= 4 is 22.0 Å². The van der Waals surface area contributed by atoms with Crippen LogP contribution in [0.15, 0.2) is 41.0 Å². The van der Waals surface area contributed by atoms with Gasteiger partial charge in [-0.3, -0.25) is 0 Å². The van der Waals surface area contributed by atoms with E-state index in [4.69, 9.17) is 0 Å². The minimum absolute atomic E-state index is 0.201. The lowest BCUT2D eigenvalue weighted by molar-refractivity contribution is 0.243. The SMILES string of the molecule is C/C=C/NC(=O)NCc1cccc(Br)c1. The normalized spacial score (nSPS) is 10.3. The molecule has 3 nitrogen and oxygen atoms in total. The molecule has 1 rings (SSSR count). The highest BCUT2D eigenvalue weighted by Gasteiger charge is 1.97. The number of carbonyl (C=O) groups excluding carboxylic acids is 1. The average molecular weight is 269 g/mol. The minimum atomic E-state index is -0.201. The molecule has 15 heavy (non-hydrogen) atoms. The van der Waals surface area contributed by atoms with Gasteiger partial charge in [0.2, 0.25) is 0 Å². The van der Waals surface area contributed by atoms with Crippen LogP contribution in [0.4, 0.5) is 4.79 Å². The molecule has 0 heterocycles. The number of hydrogen-bond donors (Lipinski definition) is 2. The van der Waals surface area contributed by atoms with Gasteiger partial charge in [-0.25, -0.2) is 4.79 Å². The van der Waals surface area contributed by atoms with E-state index in [0.717, 1.165) is 10.0 Å². The summed E-state index contributed by atoms with van der Waals surface area (Å²) in [6.07, 6.45) is 3.36. The molecule has 0 atom stereocenters. The number of benzene rings is 1. The molecule has 0 bridgehead atoms. The Bertz CT molecular complexity index is 363. The van der Waals surface area contributed by atoms with Crippen molar-refractivity contribution in [1.82, 2.24) is 10.6 Å². The summed E-state index contributed by atoms with van der Waals surface area (Å²) in [7, 11) is 0. The van der Waals surface area contributed by atoms with Crippen molar-refractivity contribution < 1.29 is 4.79 Å². The van der Waals surface area contributed by atoms with Crippen LogP contribution in [0.3, 0.4) is 0 Å². The fourth-order valence-electron chi connectivity index (χ4n) is 1.04. The maximum Gasteiger partial charge on any atom is 0.319 e.